The largest absolute Gasteiger partial charge is 0.398 e. The maximum Gasteiger partial charge on any atom is 0.134 e. The zero-order valence-corrected chi connectivity index (χ0v) is 7.42. The fourth-order valence-electron chi connectivity index (χ4n) is 1.16. The van der Waals surface area contributed by atoms with E-state index in [4.69, 9.17) is 5.73 Å². The van der Waals surface area contributed by atoms with E-state index in [0.29, 0.717) is 12.1 Å². The number of benzene rings is 1. The molecule has 0 aliphatic heterocycles. The molecule has 0 aliphatic rings. The second-order valence-electron chi connectivity index (χ2n) is 3.08. The highest BCUT2D eigenvalue weighted by molar-refractivity contribution is 5.79. The highest BCUT2D eigenvalue weighted by Crippen LogP contribution is 2.14. The number of nitrogens with two attached hydrogens (primary N) is 1. The highest BCUT2D eigenvalue weighted by atomic mass is 16.1. The van der Waals surface area contributed by atoms with E-state index in [1.54, 1.807) is 6.92 Å². The number of rotatable bonds is 2. The predicted octanol–water partition coefficient (Wildman–Crippen LogP) is 1.71. The van der Waals surface area contributed by atoms with Crippen LogP contribution in [0.1, 0.15) is 18.1 Å². The number of hydrogen-bond acceptors (Lipinski definition) is 2. The van der Waals surface area contributed by atoms with Crippen LogP contribution >= 0.6 is 0 Å². The van der Waals surface area contributed by atoms with Gasteiger partial charge in [-0.3, -0.25) is 4.79 Å². The minimum atomic E-state index is 0.146. The van der Waals surface area contributed by atoms with E-state index in [-0.39, 0.29) is 5.78 Å². The number of carbonyl (C=O) groups is 1. The van der Waals surface area contributed by atoms with Crippen molar-refractivity contribution < 1.29 is 4.79 Å². The number of Topliss-reactive ketones (excluding diaryl/α,β-unsaturated/α-hetero) is 1. The molecule has 0 radical (unpaired) electrons. The van der Waals surface area contributed by atoms with Crippen molar-refractivity contribution in [1.29, 1.82) is 0 Å². The summed E-state index contributed by atoms with van der Waals surface area (Å²) >= 11 is 0. The third-order valence-corrected chi connectivity index (χ3v) is 1.74. The third-order valence-electron chi connectivity index (χ3n) is 1.74. The maximum absolute atomic E-state index is 10.8. The molecule has 0 atom stereocenters. The van der Waals surface area contributed by atoms with Crippen LogP contribution in [0.5, 0.6) is 0 Å². The summed E-state index contributed by atoms with van der Waals surface area (Å²) in [5.41, 5.74) is 8.46. The Morgan fingerprint density at radius 2 is 2.17 bits per heavy atom. The fourth-order valence-corrected chi connectivity index (χ4v) is 1.16. The molecule has 2 N–H and O–H groups in total. The maximum atomic E-state index is 10.8. The van der Waals surface area contributed by atoms with Crippen molar-refractivity contribution in [1.82, 2.24) is 0 Å². The first-order chi connectivity index (χ1) is 5.59. The van der Waals surface area contributed by atoms with Crippen molar-refractivity contribution in [2.45, 2.75) is 20.3 Å². The average molecular weight is 163 g/mol. The van der Waals surface area contributed by atoms with Gasteiger partial charge in [-0.2, -0.15) is 0 Å². The van der Waals surface area contributed by atoms with E-state index < -0.39 is 0 Å². The van der Waals surface area contributed by atoms with Crippen LogP contribution in [0.15, 0.2) is 18.2 Å². The van der Waals surface area contributed by atoms with Gasteiger partial charge in [0.15, 0.2) is 0 Å². The molecule has 64 valence electrons. The van der Waals surface area contributed by atoms with Crippen molar-refractivity contribution in [2.24, 2.45) is 0 Å². The lowest BCUT2D eigenvalue weighted by Gasteiger charge is -2.03. The van der Waals surface area contributed by atoms with Gasteiger partial charge in [-0.1, -0.05) is 17.7 Å². The Morgan fingerprint density at radius 1 is 1.50 bits per heavy atom. The Kier molecular flexibility index (Phi) is 2.48. The molecule has 0 aromatic heterocycles. The van der Waals surface area contributed by atoms with Gasteiger partial charge in [0.1, 0.15) is 5.78 Å². The number of carbonyl (C=O) groups excluding carboxylic acids is 1. The van der Waals surface area contributed by atoms with Crippen molar-refractivity contribution in [2.75, 3.05) is 5.73 Å². The highest BCUT2D eigenvalue weighted by Gasteiger charge is 2.01. The molecular formula is C10H13NO. The summed E-state index contributed by atoms with van der Waals surface area (Å²) < 4.78 is 0. The summed E-state index contributed by atoms with van der Waals surface area (Å²) in [4.78, 5) is 10.8. The van der Waals surface area contributed by atoms with Crippen LogP contribution in [0.3, 0.4) is 0 Å². The minimum absolute atomic E-state index is 0.146. The lowest BCUT2D eigenvalue weighted by molar-refractivity contribution is -0.116. The number of nitrogen functional groups attached to an aromatic ring is 1. The fraction of sp³-hybridized carbons (Fsp3) is 0.300. The monoisotopic (exact) mass is 163 g/mol. The summed E-state index contributed by atoms with van der Waals surface area (Å²) in [6.45, 7) is 3.56. The second kappa shape index (κ2) is 3.39. The van der Waals surface area contributed by atoms with Gasteiger partial charge < -0.3 is 5.73 Å². The van der Waals surface area contributed by atoms with Gasteiger partial charge in [-0.05, 0) is 25.5 Å². The second-order valence-corrected chi connectivity index (χ2v) is 3.08. The first-order valence-electron chi connectivity index (χ1n) is 3.94. The van der Waals surface area contributed by atoms with Gasteiger partial charge in [0.25, 0.3) is 0 Å². The van der Waals surface area contributed by atoms with E-state index in [0.717, 1.165) is 11.1 Å². The van der Waals surface area contributed by atoms with Gasteiger partial charge in [0.2, 0.25) is 0 Å². The summed E-state index contributed by atoms with van der Waals surface area (Å²) in [5, 5.41) is 0. The van der Waals surface area contributed by atoms with Crippen LogP contribution < -0.4 is 5.73 Å². The van der Waals surface area contributed by atoms with Crippen LogP contribution in [-0.4, -0.2) is 5.78 Å². The lowest BCUT2D eigenvalue weighted by Crippen LogP contribution is -2.01. The Labute approximate surface area is 72.4 Å². The predicted molar refractivity (Wildman–Crippen MR) is 50.0 cm³/mol. The van der Waals surface area contributed by atoms with Crippen molar-refractivity contribution >= 4 is 11.5 Å². The molecule has 0 bridgehead atoms. The summed E-state index contributed by atoms with van der Waals surface area (Å²) in [7, 11) is 0. The Bertz CT molecular complexity index is 305. The number of anilines is 1. The molecular weight excluding hydrogens is 150 g/mol. The average Bonchev–Trinajstić information content (AvgIpc) is 1.96. The van der Waals surface area contributed by atoms with Crippen molar-refractivity contribution in [3.05, 3.63) is 29.3 Å². The topological polar surface area (TPSA) is 43.1 Å². The van der Waals surface area contributed by atoms with Crippen LogP contribution in [0.4, 0.5) is 5.69 Å². The molecule has 0 unspecified atom stereocenters. The Balaban J connectivity index is 2.97. The van der Waals surface area contributed by atoms with Gasteiger partial charge in [0, 0.05) is 12.1 Å². The molecule has 0 fully saturated rings. The van der Waals surface area contributed by atoms with E-state index in [9.17, 15) is 4.79 Å². The third kappa shape index (κ3) is 2.09. The quantitative estimate of drug-likeness (QED) is 0.674. The molecule has 1 aromatic carbocycles. The molecule has 12 heavy (non-hydrogen) atoms. The van der Waals surface area contributed by atoms with E-state index in [2.05, 4.69) is 0 Å². The van der Waals surface area contributed by atoms with E-state index in [1.807, 2.05) is 25.1 Å². The molecule has 1 rings (SSSR count). The summed E-state index contributed by atoms with van der Waals surface area (Å²) in [6, 6.07) is 5.74. The molecule has 0 amide bonds. The first-order valence-corrected chi connectivity index (χ1v) is 3.94. The lowest BCUT2D eigenvalue weighted by atomic mass is 10.1. The summed E-state index contributed by atoms with van der Waals surface area (Å²) in [6.07, 6.45) is 0.438. The molecule has 0 saturated heterocycles. The van der Waals surface area contributed by atoms with Crippen LogP contribution in [-0.2, 0) is 11.2 Å². The molecule has 0 saturated carbocycles. The van der Waals surface area contributed by atoms with Gasteiger partial charge in [-0.15, -0.1) is 0 Å². The minimum Gasteiger partial charge on any atom is -0.398 e. The van der Waals surface area contributed by atoms with Gasteiger partial charge in [-0.25, -0.2) is 0 Å². The molecule has 0 aliphatic carbocycles. The number of ketones is 1. The van der Waals surface area contributed by atoms with Crippen LogP contribution in [0.25, 0.3) is 0 Å². The van der Waals surface area contributed by atoms with Gasteiger partial charge >= 0.3 is 0 Å². The first kappa shape index (κ1) is 8.78. The molecule has 0 spiro atoms. The standard InChI is InChI=1S/C10H13NO/c1-7-3-4-10(11)9(5-7)6-8(2)12/h3-5H,6,11H2,1-2H3. The molecule has 2 heteroatoms. The summed E-state index contributed by atoms with van der Waals surface area (Å²) in [5.74, 6) is 0.146. The zero-order valence-electron chi connectivity index (χ0n) is 7.42. The SMILES string of the molecule is CC(=O)Cc1cc(C)ccc1N. The molecule has 0 heterocycles. The van der Waals surface area contributed by atoms with Crippen molar-refractivity contribution in [3.63, 3.8) is 0 Å². The number of aryl methyl sites for hydroxylation is 1. The van der Waals surface area contributed by atoms with Crippen LogP contribution in [0.2, 0.25) is 0 Å². The molecule has 1 aromatic rings. The van der Waals surface area contributed by atoms with E-state index >= 15 is 0 Å². The van der Waals surface area contributed by atoms with Crippen LogP contribution in [0, 0.1) is 6.92 Å². The Morgan fingerprint density at radius 3 is 2.75 bits per heavy atom. The van der Waals surface area contributed by atoms with E-state index in [1.165, 1.54) is 0 Å². The zero-order chi connectivity index (χ0) is 9.14. The smallest absolute Gasteiger partial charge is 0.134 e. The number of hydrogen-bond donors (Lipinski definition) is 1. The Hall–Kier alpha value is -1.31. The molecule has 2 nitrogen and oxygen atoms in total. The normalized spacial score (nSPS) is 9.83. The van der Waals surface area contributed by atoms with Gasteiger partial charge in [0.05, 0.1) is 0 Å². The van der Waals surface area contributed by atoms with Crippen molar-refractivity contribution in [3.8, 4) is 0 Å².